The van der Waals surface area contributed by atoms with Crippen LogP contribution in [0.2, 0.25) is 0 Å². The molecule has 0 aliphatic heterocycles. The second kappa shape index (κ2) is 11.5. The Bertz CT molecular complexity index is 2030. The molecule has 3 heteroatoms. The molecule has 0 saturated carbocycles. The summed E-state index contributed by atoms with van der Waals surface area (Å²) in [5.74, 6) is 7.24. The molecule has 0 spiro atoms. The van der Waals surface area contributed by atoms with Gasteiger partial charge in [-0.05, 0) is 98.3 Å². The largest absolute Gasteiger partial charge is 0.0641 e. The van der Waals surface area contributed by atoms with E-state index >= 15 is 0 Å². The molecule has 1 aliphatic carbocycles. The van der Waals surface area contributed by atoms with Crippen molar-refractivity contribution in [1.82, 2.24) is 0 Å². The van der Waals surface area contributed by atoms with Crippen LogP contribution < -0.4 is 0 Å². The van der Waals surface area contributed by atoms with Crippen molar-refractivity contribution in [2.45, 2.75) is 5.92 Å². The van der Waals surface area contributed by atoms with E-state index in [1.807, 2.05) is 12.1 Å². The van der Waals surface area contributed by atoms with Crippen LogP contribution in [0.25, 0.3) is 27.5 Å². The van der Waals surface area contributed by atoms with Gasteiger partial charge in [-0.1, -0.05) is 145 Å². The summed E-state index contributed by atoms with van der Waals surface area (Å²) in [6.07, 6.45) is 2.44. The third-order valence-electron chi connectivity index (χ3n) is 7.79. The molecule has 0 radical (unpaired) electrons. The summed E-state index contributed by atoms with van der Waals surface area (Å²) in [4.78, 5) is 0. The third-order valence-corrected chi connectivity index (χ3v) is 9.38. The van der Waals surface area contributed by atoms with Crippen molar-refractivity contribution in [1.29, 1.82) is 0 Å². The number of benzene rings is 6. The minimum atomic E-state index is 0.0522. The van der Waals surface area contributed by atoms with Gasteiger partial charge < -0.3 is 0 Å². The van der Waals surface area contributed by atoms with Crippen LogP contribution in [-0.4, -0.2) is 0 Å². The van der Waals surface area contributed by atoms with E-state index in [-0.39, 0.29) is 5.92 Å². The van der Waals surface area contributed by atoms with E-state index in [4.69, 9.17) is 0 Å². The number of fused-ring (bicyclic) bond motifs is 2. The number of rotatable bonds is 3. The first-order valence-electron chi connectivity index (χ1n) is 13.7. The molecule has 0 saturated heterocycles. The van der Waals surface area contributed by atoms with E-state index in [1.165, 1.54) is 49.7 Å². The fraction of sp³-hybridized carbons (Fsp3) is 0.0256. The summed E-state index contributed by atoms with van der Waals surface area (Å²) in [5.41, 5.74) is 10.7. The zero-order valence-electron chi connectivity index (χ0n) is 22.4. The first-order valence-corrected chi connectivity index (χ1v) is 16.1. The Morgan fingerprint density at radius 2 is 1.05 bits per heavy atom. The topological polar surface area (TPSA) is 0 Å². The molecule has 0 aromatic heterocycles. The van der Waals surface area contributed by atoms with Crippen molar-refractivity contribution in [3.63, 3.8) is 0 Å². The van der Waals surface area contributed by atoms with E-state index in [2.05, 4.69) is 181 Å². The second-order valence-corrected chi connectivity index (χ2v) is 13.1. The van der Waals surface area contributed by atoms with E-state index in [0.717, 1.165) is 24.5 Å². The Morgan fingerprint density at radius 1 is 0.476 bits per heavy atom. The predicted octanol–water partition coefficient (Wildman–Crippen LogP) is 11.8. The lowest BCUT2D eigenvalue weighted by Crippen LogP contribution is -2.03. The van der Waals surface area contributed by atoms with Crippen LogP contribution in [0.4, 0.5) is 0 Å². The van der Waals surface area contributed by atoms with Crippen LogP contribution in [-0.2, 0) is 0 Å². The SMILES string of the molecule is Brc1ccc(C#Cc2c3c(c(-c4ccc(Br)cc4)c4ccccc24)C(c2ccccc2)=CC3c2ccc(Br)cc2)cc1. The maximum absolute atomic E-state index is 3.68. The van der Waals surface area contributed by atoms with Gasteiger partial charge in [-0.15, -0.1) is 0 Å². The molecule has 0 bridgehead atoms. The highest BCUT2D eigenvalue weighted by Crippen LogP contribution is 2.51. The molecule has 0 amide bonds. The van der Waals surface area contributed by atoms with Crippen LogP contribution in [0, 0.1) is 11.8 Å². The van der Waals surface area contributed by atoms with Gasteiger partial charge in [-0.2, -0.15) is 0 Å². The van der Waals surface area contributed by atoms with Gasteiger partial charge in [0.05, 0.1) is 0 Å². The monoisotopic (exact) mass is 728 g/mol. The van der Waals surface area contributed by atoms with Crippen molar-refractivity contribution in [3.05, 3.63) is 180 Å². The standard InChI is InChI=1S/C39H23Br3/c40-29-17-10-25(11-18-29)12-23-34-32-8-4-5-9-33(32)37(28-15-21-31(42)22-16-28)39-36(26-6-2-1-3-7-26)24-35(38(34)39)27-13-19-30(41)20-14-27/h1-11,13-22,24,35H. The lowest BCUT2D eigenvalue weighted by molar-refractivity contribution is 1.05. The van der Waals surface area contributed by atoms with Crippen molar-refractivity contribution in [2.24, 2.45) is 0 Å². The van der Waals surface area contributed by atoms with Gasteiger partial charge in [0.25, 0.3) is 0 Å². The molecule has 1 aliphatic rings. The summed E-state index contributed by atoms with van der Waals surface area (Å²) in [5, 5.41) is 2.38. The highest BCUT2D eigenvalue weighted by Gasteiger charge is 2.33. The van der Waals surface area contributed by atoms with Crippen LogP contribution >= 0.6 is 47.8 Å². The Labute approximate surface area is 271 Å². The van der Waals surface area contributed by atoms with Crippen molar-refractivity contribution in [3.8, 4) is 23.0 Å². The minimum absolute atomic E-state index is 0.0522. The van der Waals surface area contributed by atoms with Gasteiger partial charge in [0.1, 0.15) is 0 Å². The Balaban J connectivity index is 1.61. The summed E-state index contributed by atoms with van der Waals surface area (Å²) in [6, 6.07) is 45.1. The average Bonchev–Trinajstić information content (AvgIpc) is 3.42. The molecule has 0 nitrogen and oxygen atoms in total. The first-order chi connectivity index (χ1) is 20.6. The molecule has 42 heavy (non-hydrogen) atoms. The Morgan fingerprint density at radius 3 is 1.71 bits per heavy atom. The molecule has 6 aromatic rings. The molecule has 6 aromatic carbocycles. The molecular weight excluding hydrogens is 708 g/mol. The highest BCUT2D eigenvalue weighted by atomic mass is 79.9. The fourth-order valence-corrected chi connectivity index (χ4v) is 6.69. The molecule has 0 N–H and O–H groups in total. The van der Waals surface area contributed by atoms with E-state index in [9.17, 15) is 0 Å². The Kier molecular flexibility index (Phi) is 7.46. The van der Waals surface area contributed by atoms with Gasteiger partial charge in [0.2, 0.25) is 0 Å². The highest BCUT2D eigenvalue weighted by molar-refractivity contribution is 9.11. The molecule has 7 rings (SSSR count). The second-order valence-electron chi connectivity index (χ2n) is 10.3. The Hall–Kier alpha value is -3.68. The molecular formula is C39H23Br3. The number of hydrogen-bond donors (Lipinski definition) is 0. The summed E-state index contributed by atoms with van der Waals surface area (Å²) >= 11 is 10.8. The molecule has 1 unspecified atom stereocenters. The van der Waals surface area contributed by atoms with E-state index in [0.29, 0.717) is 0 Å². The summed E-state index contributed by atoms with van der Waals surface area (Å²) in [7, 11) is 0. The lowest BCUT2D eigenvalue weighted by atomic mass is 9.81. The molecule has 1 atom stereocenters. The van der Waals surface area contributed by atoms with Gasteiger partial charge in [0, 0.05) is 30.5 Å². The maximum atomic E-state index is 3.68. The number of halogens is 3. The van der Waals surface area contributed by atoms with E-state index in [1.54, 1.807) is 0 Å². The fourth-order valence-electron chi connectivity index (χ4n) is 5.89. The zero-order chi connectivity index (χ0) is 28.6. The van der Waals surface area contributed by atoms with Crippen LogP contribution in [0.15, 0.2) is 147 Å². The predicted molar refractivity (Wildman–Crippen MR) is 187 cm³/mol. The molecule has 200 valence electrons. The van der Waals surface area contributed by atoms with Crippen molar-refractivity contribution < 1.29 is 0 Å². The zero-order valence-corrected chi connectivity index (χ0v) is 27.2. The average molecular weight is 731 g/mol. The minimum Gasteiger partial charge on any atom is -0.0641 e. The smallest absolute Gasteiger partial charge is 0.0375 e. The van der Waals surface area contributed by atoms with Crippen LogP contribution in [0.1, 0.15) is 39.3 Å². The quantitative estimate of drug-likeness (QED) is 0.159. The summed E-state index contributed by atoms with van der Waals surface area (Å²) < 4.78 is 3.18. The van der Waals surface area contributed by atoms with Crippen LogP contribution in [0.5, 0.6) is 0 Å². The number of allylic oxidation sites excluding steroid dienone is 1. The van der Waals surface area contributed by atoms with Gasteiger partial charge in [-0.25, -0.2) is 0 Å². The van der Waals surface area contributed by atoms with Crippen molar-refractivity contribution in [2.75, 3.05) is 0 Å². The normalized spacial score (nSPS) is 13.8. The summed E-state index contributed by atoms with van der Waals surface area (Å²) in [6.45, 7) is 0. The van der Waals surface area contributed by atoms with Gasteiger partial charge in [-0.3, -0.25) is 0 Å². The molecule has 0 heterocycles. The lowest BCUT2D eigenvalue weighted by Gasteiger charge is -2.21. The first kappa shape index (κ1) is 27.2. The van der Waals surface area contributed by atoms with Crippen molar-refractivity contribution >= 4 is 64.1 Å². The van der Waals surface area contributed by atoms with E-state index < -0.39 is 0 Å². The van der Waals surface area contributed by atoms with Crippen LogP contribution in [0.3, 0.4) is 0 Å². The van der Waals surface area contributed by atoms with Gasteiger partial charge >= 0.3 is 0 Å². The molecule has 0 fully saturated rings. The van der Waals surface area contributed by atoms with Gasteiger partial charge in [0.15, 0.2) is 0 Å². The third kappa shape index (κ3) is 5.09. The number of hydrogen-bond acceptors (Lipinski definition) is 0. The maximum Gasteiger partial charge on any atom is 0.0375 e.